The van der Waals surface area contributed by atoms with E-state index in [4.69, 9.17) is 9.52 Å². The van der Waals surface area contributed by atoms with Gasteiger partial charge >= 0.3 is 5.97 Å². The molecule has 0 radical (unpaired) electrons. The predicted octanol–water partition coefficient (Wildman–Crippen LogP) is 3.85. The van der Waals surface area contributed by atoms with Gasteiger partial charge in [-0.05, 0) is 19.1 Å². The number of amides is 1. The van der Waals surface area contributed by atoms with Gasteiger partial charge in [-0.15, -0.1) is 0 Å². The lowest BCUT2D eigenvalue weighted by Crippen LogP contribution is -2.15. The molecular formula is C22H18N4O4. The lowest BCUT2D eigenvalue weighted by atomic mass is 10.1. The van der Waals surface area contributed by atoms with E-state index in [1.54, 1.807) is 30.5 Å². The van der Waals surface area contributed by atoms with Crippen molar-refractivity contribution in [3.8, 4) is 22.8 Å². The van der Waals surface area contributed by atoms with Crippen molar-refractivity contribution >= 4 is 17.7 Å². The van der Waals surface area contributed by atoms with Crippen molar-refractivity contribution in [2.24, 2.45) is 0 Å². The van der Waals surface area contributed by atoms with E-state index in [2.05, 4.69) is 15.4 Å². The summed E-state index contributed by atoms with van der Waals surface area (Å²) in [6.07, 6.45) is 3.11. The number of nitrogens with zero attached hydrogens (tertiary/aromatic N) is 3. The average Bonchev–Trinajstić information content (AvgIpc) is 3.38. The van der Waals surface area contributed by atoms with Crippen LogP contribution in [0.3, 0.4) is 0 Å². The summed E-state index contributed by atoms with van der Waals surface area (Å²) in [5.74, 6) is -0.236. The van der Waals surface area contributed by atoms with E-state index in [9.17, 15) is 9.59 Å². The standard InChI is InChI=1S/C22H18N4O4/c1-14-6-8-15(9-7-14)18-12-23-22(30-18)17-5-3-2-4-16(17)21(29)24-19-10-11-26(25-19)13-20(27)28/h2-12H,13H2,1H3,(H,27,28)(H,24,25,29). The van der Waals surface area contributed by atoms with Gasteiger partial charge in [-0.2, -0.15) is 5.10 Å². The Hall–Kier alpha value is -4.20. The minimum absolute atomic E-state index is 0.254. The maximum absolute atomic E-state index is 12.8. The summed E-state index contributed by atoms with van der Waals surface area (Å²) in [6.45, 7) is 1.72. The quantitative estimate of drug-likeness (QED) is 0.507. The summed E-state index contributed by atoms with van der Waals surface area (Å²) in [5, 5.41) is 15.5. The second kappa shape index (κ2) is 8.04. The van der Waals surface area contributed by atoms with Gasteiger partial charge in [-0.1, -0.05) is 42.0 Å². The van der Waals surface area contributed by atoms with E-state index in [-0.39, 0.29) is 12.4 Å². The number of anilines is 1. The number of carbonyl (C=O) groups is 2. The summed E-state index contributed by atoms with van der Waals surface area (Å²) in [7, 11) is 0. The number of benzene rings is 2. The van der Waals surface area contributed by atoms with Crippen LogP contribution in [0.25, 0.3) is 22.8 Å². The lowest BCUT2D eigenvalue weighted by Gasteiger charge is -2.06. The molecule has 2 aromatic heterocycles. The Kier molecular flexibility index (Phi) is 5.13. The summed E-state index contributed by atoms with van der Waals surface area (Å²) in [5.41, 5.74) is 2.94. The van der Waals surface area contributed by atoms with Crippen LogP contribution in [0.2, 0.25) is 0 Å². The number of hydrogen-bond donors (Lipinski definition) is 2. The summed E-state index contributed by atoms with van der Waals surface area (Å²) in [6, 6.07) is 16.4. The Morgan fingerprint density at radius 1 is 1.10 bits per heavy atom. The molecule has 1 amide bonds. The number of carboxylic acid groups (broad SMARTS) is 1. The van der Waals surface area contributed by atoms with Crippen LogP contribution in [-0.4, -0.2) is 31.7 Å². The average molecular weight is 402 g/mol. The maximum atomic E-state index is 12.8. The molecule has 0 aliphatic heterocycles. The maximum Gasteiger partial charge on any atom is 0.325 e. The van der Waals surface area contributed by atoms with E-state index in [0.717, 1.165) is 11.1 Å². The highest BCUT2D eigenvalue weighted by molar-refractivity contribution is 6.07. The van der Waals surface area contributed by atoms with Crippen LogP contribution >= 0.6 is 0 Å². The molecule has 0 bridgehead atoms. The number of hydrogen-bond acceptors (Lipinski definition) is 5. The van der Waals surface area contributed by atoms with Gasteiger partial charge in [-0.3, -0.25) is 14.3 Å². The molecule has 8 heteroatoms. The van der Waals surface area contributed by atoms with Gasteiger partial charge in [0.25, 0.3) is 5.91 Å². The van der Waals surface area contributed by atoms with Gasteiger partial charge in [-0.25, -0.2) is 4.98 Å². The number of aliphatic carboxylic acids is 1. The summed E-state index contributed by atoms with van der Waals surface area (Å²) >= 11 is 0. The highest BCUT2D eigenvalue weighted by Gasteiger charge is 2.18. The molecule has 4 rings (SSSR count). The molecule has 4 aromatic rings. The number of rotatable bonds is 6. The molecule has 0 unspecified atom stereocenters. The minimum atomic E-state index is -1.02. The van der Waals surface area contributed by atoms with Gasteiger partial charge in [0.2, 0.25) is 5.89 Å². The topological polar surface area (TPSA) is 110 Å². The zero-order valence-electron chi connectivity index (χ0n) is 16.1. The van der Waals surface area contributed by atoms with E-state index in [1.165, 1.54) is 16.9 Å². The molecule has 150 valence electrons. The van der Waals surface area contributed by atoms with Crippen LogP contribution in [0.1, 0.15) is 15.9 Å². The number of aromatic nitrogens is 3. The normalized spacial score (nSPS) is 10.7. The molecule has 2 aromatic carbocycles. The van der Waals surface area contributed by atoms with Crippen molar-refractivity contribution in [3.63, 3.8) is 0 Å². The highest BCUT2D eigenvalue weighted by Crippen LogP contribution is 2.28. The molecule has 0 spiro atoms. The van der Waals surface area contributed by atoms with E-state index in [0.29, 0.717) is 22.8 Å². The fourth-order valence-corrected chi connectivity index (χ4v) is 2.96. The molecule has 2 N–H and O–H groups in total. The van der Waals surface area contributed by atoms with Crippen LogP contribution in [0.15, 0.2) is 71.4 Å². The van der Waals surface area contributed by atoms with Gasteiger partial charge in [0.1, 0.15) is 6.54 Å². The number of carboxylic acids is 1. The van der Waals surface area contributed by atoms with Crippen LogP contribution < -0.4 is 5.32 Å². The predicted molar refractivity (Wildman–Crippen MR) is 110 cm³/mol. The first-order chi connectivity index (χ1) is 14.5. The van der Waals surface area contributed by atoms with Crippen LogP contribution in [0.5, 0.6) is 0 Å². The number of aryl methyl sites for hydroxylation is 1. The van der Waals surface area contributed by atoms with Crippen molar-refractivity contribution < 1.29 is 19.1 Å². The monoisotopic (exact) mass is 402 g/mol. The second-order valence-electron chi connectivity index (χ2n) is 6.69. The fourth-order valence-electron chi connectivity index (χ4n) is 2.96. The first kappa shape index (κ1) is 19.1. The van der Waals surface area contributed by atoms with Gasteiger partial charge in [0.05, 0.1) is 11.8 Å². The highest BCUT2D eigenvalue weighted by atomic mass is 16.4. The molecule has 0 fully saturated rings. The molecule has 0 atom stereocenters. The van der Waals surface area contributed by atoms with Gasteiger partial charge in [0.15, 0.2) is 11.6 Å². The Morgan fingerprint density at radius 3 is 2.63 bits per heavy atom. The number of oxazole rings is 1. The molecular weight excluding hydrogens is 384 g/mol. The largest absolute Gasteiger partial charge is 0.480 e. The Labute approximate surface area is 171 Å². The van der Waals surface area contributed by atoms with E-state index >= 15 is 0 Å². The third-order valence-corrected chi connectivity index (χ3v) is 4.42. The van der Waals surface area contributed by atoms with Gasteiger partial charge in [0, 0.05) is 23.4 Å². The molecule has 0 aliphatic rings. The summed E-state index contributed by atoms with van der Waals surface area (Å²) < 4.78 is 7.14. The number of nitrogens with one attached hydrogen (secondary N) is 1. The Bertz CT molecular complexity index is 1210. The third kappa shape index (κ3) is 4.12. The molecule has 0 saturated carbocycles. The van der Waals surface area contributed by atoms with Crippen molar-refractivity contribution in [3.05, 3.63) is 78.1 Å². The lowest BCUT2D eigenvalue weighted by molar-refractivity contribution is -0.137. The molecule has 0 saturated heterocycles. The van der Waals surface area contributed by atoms with Crippen LogP contribution in [-0.2, 0) is 11.3 Å². The smallest absolute Gasteiger partial charge is 0.325 e. The molecule has 8 nitrogen and oxygen atoms in total. The van der Waals surface area contributed by atoms with Crippen molar-refractivity contribution in [1.29, 1.82) is 0 Å². The first-order valence-electron chi connectivity index (χ1n) is 9.18. The van der Waals surface area contributed by atoms with Crippen LogP contribution in [0, 0.1) is 6.92 Å². The van der Waals surface area contributed by atoms with E-state index in [1.807, 2.05) is 31.2 Å². The number of carbonyl (C=O) groups excluding carboxylic acids is 1. The Morgan fingerprint density at radius 2 is 1.87 bits per heavy atom. The van der Waals surface area contributed by atoms with Crippen molar-refractivity contribution in [2.45, 2.75) is 13.5 Å². The molecule has 2 heterocycles. The second-order valence-corrected chi connectivity index (χ2v) is 6.69. The van der Waals surface area contributed by atoms with Crippen LogP contribution in [0.4, 0.5) is 5.82 Å². The Balaban J connectivity index is 1.58. The van der Waals surface area contributed by atoms with Gasteiger partial charge < -0.3 is 14.8 Å². The molecule has 0 aliphatic carbocycles. The third-order valence-electron chi connectivity index (χ3n) is 4.42. The minimum Gasteiger partial charge on any atom is -0.480 e. The van der Waals surface area contributed by atoms with Crippen molar-refractivity contribution in [2.75, 3.05) is 5.32 Å². The zero-order valence-corrected chi connectivity index (χ0v) is 16.1. The van der Waals surface area contributed by atoms with E-state index < -0.39 is 11.9 Å². The molecule has 30 heavy (non-hydrogen) atoms. The van der Waals surface area contributed by atoms with Crippen molar-refractivity contribution in [1.82, 2.24) is 14.8 Å². The zero-order chi connectivity index (χ0) is 21.1. The SMILES string of the molecule is Cc1ccc(-c2cnc(-c3ccccc3C(=O)Nc3ccn(CC(=O)O)n3)o2)cc1. The summed E-state index contributed by atoms with van der Waals surface area (Å²) in [4.78, 5) is 27.9. The first-order valence-corrected chi connectivity index (χ1v) is 9.18. The fraction of sp³-hybridized carbons (Fsp3) is 0.0909.